The zero-order chi connectivity index (χ0) is 23.9. The normalized spacial score (nSPS) is 13.9. The summed E-state index contributed by atoms with van der Waals surface area (Å²) in [6.45, 7) is -0.0124. The lowest BCUT2D eigenvalue weighted by molar-refractivity contribution is -0.115. The van der Waals surface area contributed by atoms with Crippen molar-refractivity contribution in [2.24, 2.45) is 5.92 Å². The first-order chi connectivity index (χ1) is 16.5. The first-order valence-corrected chi connectivity index (χ1v) is 11.3. The summed E-state index contributed by atoms with van der Waals surface area (Å²) in [6, 6.07) is 7.35. The molecule has 1 aliphatic rings. The molecule has 34 heavy (non-hydrogen) atoms. The number of amides is 2. The Morgan fingerprint density at radius 1 is 1.18 bits per heavy atom. The maximum atomic E-state index is 14.3. The molecule has 0 bridgehead atoms. The highest BCUT2D eigenvalue weighted by molar-refractivity contribution is 5.91. The number of nitrogens with one attached hydrogen (secondary N) is 2. The maximum Gasteiger partial charge on any atom is 0.273 e. The third-order valence-corrected chi connectivity index (χ3v) is 5.53. The highest BCUT2D eigenvalue weighted by Crippen LogP contribution is 2.32. The zero-order valence-electron chi connectivity index (χ0n) is 18.9. The lowest BCUT2D eigenvalue weighted by atomic mass is 10.1. The van der Waals surface area contributed by atoms with Gasteiger partial charge in [-0.15, -0.1) is 10.2 Å². The molecule has 2 amide bonds. The van der Waals surface area contributed by atoms with Crippen molar-refractivity contribution in [3.05, 3.63) is 59.3 Å². The molecule has 10 nitrogen and oxygen atoms in total. The Morgan fingerprint density at radius 2 is 2.03 bits per heavy atom. The summed E-state index contributed by atoms with van der Waals surface area (Å²) in [6.07, 6.45) is 6.30. The summed E-state index contributed by atoms with van der Waals surface area (Å²) in [5.41, 5.74) is 2.69. The van der Waals surface area contributed by atoms with Gasteiger partial charge in [0.15, 0.2) is 11.5 Å². The molecule has 3 aromatic heterocycles. The van der Waals surface area contributed by atoms with Gasteiger partial charge in [0.2, 0.25) is 5.91 Å². The fourth-order valence-electron chi connectivity index (χ4n) is 3.54. The molecule has 1 saturated carbocycles. The summed E-state index contributed by atoms with van der Waals surface area (Å²) in [7, 11) is 1.49. The summed E-state index contributed by atoms with van der Waals surface area (Å²) in [5, 5.41) is 20.7. The minimum Gasteiger partial charge on any atom is -0.354 e. The summed E-state index contributed by atoms with van der Waals surface area (Å²) >= 11 is 0. The molecule has 4 rings (SSSR count). The topological polar surface area (TPSA) is 128 Å². The van der Waals surface area contributed by atoms with E-state index in [-0.39, 0.29) is 36.9 Å². The Labute approximate surface area is 196 Å². The number of aryl methyl sites for hydroxylation is 1. The Hall–Kier alpha value is -3.76. The average molecular weight is 467 g/mol. The van der Waals surface area contributed by atoms with Crippen LogP contribution in [-0.4, -0.2) is 55.2 Å². The van der Waals surface area contributed by atoms with Crippen LogP contribution in [0.25, 0.3) is 0 Å². The van der Waals surface area contributed by atoms with Gasteiger partial charge in [0.25, 0.3) is 5.91 Å². The first kappa shape index (κ1) is 23.4. The molecule has 178 valence electrons. The van der Waals surface area contributed by atoms with E-state index in [4.69, 9.17) is 0 Å². The van der Waals surface area contributed by atoms with Crippen LogP contribution in [0.3, 0.4) is 0 Å². The van der Waals surface area contributed by atoms with Crippen LogP contribution < -0.4 is 10.6 Å². The highest BCUT2D eigenvalue weighted by atomic mass is 19.1. The molecule has 0 unspecified atom stereocenters. The van der Waals surface area contributed by atoms with E-state index in [1.807, 2.05) is 12.1 Å². The number of carbonyl (C=O) groups excluding carboxylic acids is 2. The van der Waals surface area contributed by atoms with Gasteiger partial charge in [0.1, 0.15) is 6.17 Å². The van der Waals surface area contributed by atoms with Crippen LogP contribution in [0.15, 0.2) is 36.7 Å². The van der Waals surface area contributed by atoms with Crippen molar-refractivity contribution in [3.8, 4) is 0 Å². The van der Waals surface area contributed by atoms with Crippen molar-refractivity contribution in [1.29, 1.82) is 0 Å². The third-order valence-electron chi connectivity index (χ3n) is 5.53. The van der Waals surface area contributed by atoms with E-state index in [1.165, 1.54) is 36.3 Å². The largest absolute Gasteiger partial charge is 0.354 e. The van der Waals surface area contributed by atoms with Crippen LogP contribution in [0.5, 0.6) is 0 Å². The Bertz CT molecular complexity index is 1130. The maximum absolute atomic E-state index is 14.3. The van der Waals surface area contributed by atoms with Gasteiger partial charge in [-0.3, -0.25) is 14.6 Å². The van der Waals surface area contributed by atoms with Crippen molar-refractivity contribution in [2.75, 3.05) is 12.4 Å². The molecule has 0 aliphatic heterocycles. The second kappa shape index (κ2) is 10.9. The van der Waals surface area contributed by atoms with Crippen molar-refractivity contribution < 1.29 is 14.0 Å². The lowest BCUT2D eigenvalue weighted by Crippen LogP contribution is -2.18. The Morgan fingerprint density at radius 3 is 2.76 bits per heavy atom. The molecule has 0 radical (unpaired) electrons. The van der Waals surface area contributed by atoms with Gasteiger partial charge in [-0.25, -0.2) is 9.07 Å². The minimum absolute atomic E-state index is 0.0124. The van der Waals surface area contributed by atoms with Crippen LogP contribution >= 0.6 is 0 Å². The molecule has 1 aliphatic carbocycles. The quantitative estimate of drug-likeness (QED) is 0.442. The van der Waals surface area contributed by atoms with Gasteiger partial charge in [-0.2, -0.15) is 5.10 Å². The number of hydrogen-bond donors (Lipinski definition) is 2. The third kappa shape index (κ3) is 6.87. The molecule has 2 N–H and O–H groups in total. The van der Waals surface area contributed by atoms with E-state index in [9.17, 15) is 14.0 Å². The molecule has 1 atom stereocenters. The van der Waals surface area contributed by atoms with E-state index in [2.05, 4.69) is 36.1 Å². The van der Waals surface area contributed by atoms with Gasteiger partial charge in [-0.05, 0) is 67.9 Å². The first-order valence-electron chi connectivity index (χ1n) is 11.3. The molecule has 0 aromatic carbocycles. The number of anilines is 1. The molecular weight excluding hydrogens is 439 g/mol. The summed E-state index contributed by atoms with van der Waals surface area (Å²) in [4.78, 5) is 28.1. The van der Waals surface area contributed by atoms with E-state index < -0.39 is 6.17 Å². The van der Waals surface area contributed by atoms with E-state index in [0.29, 0.717) is 17.9 Å². The standard InChI is InChI=1S/C23H27FN8O2/c1-25-23(34)20-14-32(31-29-20)13-17(24)4-5-18-6-7-21(30-28-18)27-22(33)12-19-11-16(8-9-26-19)10-15-2-3-15/h6-9,11,14-15,17H,2-5,10,12-13H2,1H3,(H,25,34)(H,27,30,33)/t17-/m1/s1. The van der Waals surface area contributed by atoms with E-state index >= 15 is 0 Å². The number of nitrogens with zero attached hydrogens (tertiary/aromatic N) is 6. The van der Waals surface area contributed by atoms with Gasteiger partial charge in [0.05, 0.1) is 24.9 Å². The van der Waals surface area contributed by atoms with Crippen molar-refractivity contribution >= 4 is 17.6 Å². The average Bonchev–Trinajstić information content (AvgIpc) is 3.52. The number of rotatable bonds is 11. The number of pyridine rings is 1. The van der Waals surface area contributed by atoms with Crippen LogP contribution in [0, 0.1) is 5.92 Å². The second-order valence-corrected chi connectivity index (χ2v) is 8.48. The number of carbonyl (C=O) groups is 2. The molecule has 3 aromatic rings. The zero-order valence-corrected chi connectivity index (χ0v) is 18.9. The smallest absolute Gasteiger partial charge is 0.273 e. The van der Waals surface area contributed by atoms with Crippen molar-refractivity contribution in [1.82, 2.24) is 35.5 Å². The van der Waals surface area contributed by atoms with Crippen LogP contribution in [0.4, 0.5) is 10.2 Å². The Kier molecular flexibility index (Phi) is 7.51. The van der Waals surface area contributed by atoms with Crippen molar-refractivity contribution in [3.63, 3.8) is 0 Å². The predicted octanol–water partition coefficient (Wildman–Crippen LogP) is 1.93. The number of hydrogen-bond acceptors (Lipinski definition) is 7. The Balaban J connectivity index is 1.21. The lowest BCUT2D eigenvalue weighted by Gasteiger charge is -2.08. The van der Waals surface area contributed by atoms with Gasteiger partial charge >= 0.3 is 0 Å². The molecule has 11 heteroatoms. The van der Waals surface area contributed by atoms with Crippen LogP contribution in [0.1, 0.15) is 46.7 Å². The fourth-order valence-corrected chi connectivity index (χ4v) is 3.54. The van der Waals surface area contributed by atoms with Crippen molar-refractivity contribution in [2.45, 2.75) is 51.2 Å². The van der Waals surface area contributed by atoms with E-state index in [0.717, 1.165) is 18.0 Å². The fraction of sp³-hybridized carbons (Fsp3) is 0.435. The predicted molar refractivity (Wildman–Crippen MR) is 122 cm³/mol. The summed E-state index contributed by atoms with van der Waals surface area (Å²) in [5.74, 6) is 0.521. The number of aromatic nitrogens is 6. The van der Waals surface area contributed by atoms with E-state index in [1.54, 1.807) is 18.3 Å². The SMILES string of the molecule is CNC(=O)c1cn(C[C@H](F)CCc2ccc(NC(=O)Cc3cc(CC4CC4)ccn3)nn2)nn1. The second-order valence-electron chi connectivity index (χ2n) is 8.48. The molecule has 1 fully saturated rings. The van der Waals surface area contributed by atoms with Gasteiger partial charge < -0.3 is 10.6 Å². The van der Waals surface area contributed by atoms with Crippen LogP contribution in [-0.2, 0) is 30.6 Å². The molecule has 3 heterocycles. The molecule has 0 spiro atoms. The monoisotopic (exact) mass is 466 g/mol. The minimum atomic E-state index is -1.19. The summed E-state index contributed by atoms with van der Waals surface area (Å²) < 4.78 is 15.6. The number of halogens is 1. The molecule has 0 saturated heterocycles. The number of alkyl halides is 1. The van der Waals surface area contributed by atoms with Gasteiger partial charge in [-0.1, -0.05) is 5.21 Å². The van der Waals surface area contributed by atoms with Gasteiger partial charge in [0, 0.05) is 18.9 Å². The van der Waals surface area contributed by atoms with Crippen LogP contribution in [0.2, 0.25) is 0 Å². The molecular formula is C23H27FN8O2. The highest BCUT2D eigenvalue weighted by Gasteiger charge is 2.21.